The highest BCUT2D eigenvalue weighted by Crippen LogP contribution is 2.30. The van der Waals surface area contributed by atoms with Gasteiger partial charge in [-0.3, -0.25) is 4.79 Å². The van der Waals surface area contributed by atoms with Gasteiger partial charge in [0.1, 0.15) is 5.75 Å². The molecule has 4 heteroatoms. The van der Waals surface area contributed by atoms with E-state index in [0.29, 0.717) is 17.7 Å². The van der Waals surface area contributed by atoms with Gasteiger partial charge in [-0.05, 0) is 24.6 Å². The minimum atomic E-state index is -0.0776. The maximum atomic E-state index is 11.1. The van der Waals surface area contributed by atoms with Gasteiger partial charge in [-0.2, -0.15) is 0 Å². The first kappa shape index (κ1) is 10.9. The Labute approximate surface area is 87.7 Å². The average Bonchev–Trinajstić information content (AvgIpc) is 2.14. The fourth-order valence-electron chi connectivity index (χ4n) is 1.06. The molecular weight excluding hydrogens is 202 g/mol. The number of hydrogen-bond donors (Lipinski definition) is 2. The number of carbonyl (C=O) groups excluding carboxylic acids is 1. The molecule has 0 atom stereocenters. The topological polar surface area (TPSA) is 49.3 Å². The molecule has 76 valence electrons. The van der Waals surface area contributed by atoms with E-state index < -0.39 is 0 Å². The van der Waals surface area contributed by atoms with Crippen LogP contribution >= 0.6 is 11.6 Å². The van der Waals surface area contributed by atoms with Crippen molar-refractivity contribution in [2.75, 3.05) is 5.32 Å². The summed E-state index contributed by atoms with van der Waals surface area (Å²) >= 11 is 5.74. The predicted octanol–water partition coefficient (Wildman–Crippen LogP) is 2.70. The van der Waals surface area contributed by atoms with Crippen LogP contribution in [0.3, 0.4) is 0 Å². The Morgan fingerprint density at radius 1 is 1.57 bits per heavy atom. The Kier molecular flexibility index (Phi) is 3.36. The zero-order valence-corrected chi connectivity index (χ0v) is 8.85. The Morgan fingerprint density at radius 2 is 2.21 bits per heavy atom. The molecule has 0 unspecified atom stereocenters. The van der Waals surface area contributed by atoms with Gasteiger partial charge in [0.2, 0.25) is 5.91 Å². The van der Waals surface area contributed by atoms with E-state index in [9.17, 15) is 9.90 Å². The zero-order valence-electron chi connectivity index (χ0n) is 8.10. The zero-order chi connectivity index (χ0) is 10.7. The average molecular weight is 214 g/mol. The van der Waals surface area contributed by atoms with Gasteiger partial charge in [-0.1, -0.05) is 18.5 Å². The summed E-state index contributed by atoms with van der Waals surface area (Å²) in [6, 6.07) is 3.20. The number of nitrogens with one attached hydrogen (secondary N) is 1. The molecule has 3 nitrogen and oxygen atoms in total. The number of hydrogen-bond acceptors (Lipinski definition) is 2. The lowest BCUT2D eigenvalue weighted by Crippen LogP contribution is -2.09. The first-order chi connectivity index (χ1) is 6.54. The van der Waals surface area contributed by atoms with Gasteiger partial charge < -0.3 is 10.4 Å². The van der Waals surface area contributed by atoms with E-state index >= 15 is 0 Å². The quantitative estimate of drug-likeness (QED) is 0.743. The molecule has 0 saturated heterocycles. The van der Waals surface area contributed by atoms with Crippen LogP contribution in [0.25, 0.3) is 0 Å². The number of rotatable bonds is 2. The van der Waals surface area contributed by atoms with E-state index in [1.54, 1.807) is 19.9 Å². The molecule has 2 N–H and O–H groups in total. The lowest BCUT2D eigenvalue weighted by atomic mass is 10.2. The lowest BCUT2D eigenvalue weighted by Gasteiger charge is -2.07. The third kappa shape index (κ3) is 2.39. The molecule has 1 amide bonds. The highest BCUT2D eigenvalue weighted by molar-refractivity contribution is 6.32. The molecule has 0 aliphatic rings. The minimum Gasteiger partial charge on any atom is -0.506 e. The normalized spacial score (nSPS) is 9.93. The number of aryl methyl sites for hydroxylation is 1. The third-order valence-electron chi connectivity index (χ3n) is 1.86. The van der Waals surface area contributed by atoms with Crippen LogP contribution in [0.2, 0.25) is 5.02 Å². The second-order valence-electron chi connectivity index (χ2n) is 3.03. The summed E-state index contributed by atoms with van der Waals surface area (Å²) < 4.78 is 0. The van der Waals surface area contributed by atoms with Crippen LogP contribution in [0.4, 0.5) is 5.69 Å². The van der Waals surface area contributed by atoms with Gasteiger partial charge in [0.15, 0.2) is 0 Å². The van der Waals surface area contributed by atoms with Gasteiger partial charge in [0.05, 0.1) is 5.02 Å². The smallest absolute Gasteiger partial charge is 0.224 e. The van der Waals surface area contributed by atoms with E-state index in [-0.39, 0.29) is 16.7 Å². The molecule has 0 radical (unpaired) electrons. The van der Waals surface area contributed by atoms with Gasteiger partial charge in [-0.25, -0.2) is 0 Å². The summed E-state index contributed by atoms with van der Waals surface area (Å²) in [4.78, 5) is 11.1. The highest BCUT2D eigenvalue weighted by Gasteiger charge is 2.06. The molecule has 0 bridgehead atoms. The summed E-state index contributed by atoms with van der Waals surface area (Å²) in [5.74, 6) is -0.0210. The Balaban J connectivity index is 2.95. The first-order valence-electron chi connectivity index (χ1n) is 4.33. The van der Waals surface area contributed by atoms with Crippen molar-refractivity contribution in [1.29, 1.82) is 0 Å². The third-order valence-corrected chi connectivity index (χ3v) is 2.15. The fourth-order valence-corrected chi connectivity index (χ4v) is 1.32. The Hall–Kier alpha value is -1.22. The van der Waals surface area contributed by atoms with Gasteiger partial charge in [-0.15, -0.1) is 0 Å². The lowest BCUT2D eigenvalue weighted by molar-refractivity contribution is -0.115. The molecular formula is C10H12ClNO2. The first-order valence-corrected chi connectivity index (χ1v) is 4.71. The van der Waals surface area contributed by atoms with E-state index in [1.165, 1.54) is 6.07 Å². The number of carbonyl (C=O) groups is 1. The van der Waals surface area contributed by atoms with Crippen molar-refractivity contribution in [2.24, 2.45) is 0 Å². The molecule has 0 saturated carbocycles. The van der Waals surface area contributed by atoms with E-state index in [2.05, 4.69) is 5.32 Å². The molecule has 0 fully saturated rings. The number of benzene rings is 1. The second kappa shape index (κ2) is 4.33. The summed E-state index contributed by atoms with van der Waals surface area (Å²) in [7, 11) is 0. The van der Waals surface area contributed by atoms with Crippen LogP contribution in [-0.2, 0) is 4.79 Å². The molecule has 0 aliphatic carbocycles. The summed E-state index contributed by atoms with van der Waals surface area (Å²) in [5.41, 5.74) is 1.25. The standard InChI is InChI=1S/C10H12ClNO2/c1-3-9(13)12-7-4-6(2)10(14)8(11)5-7/h4-5,14H,3H2,1-2H3,(H,12,13). The van der Waals surface area contributed by atoms with Gasteiger partial charge in [0, 0.05) is 12.1 Å². The summed E-state index contributed by atoms with van der Waals surface area (Å²) in [6.45, 7) is 3.49. The number of aromatic hydroxyl groups is 1. The van der Waals surface area contributed by atoms with Crippen molar-refractivity contribution >= 4 is 23.2 Å². The van der Waals surface area contributed by atoms with Crippen molar-refractivity contribution in [3.8, 4) is 5.75 Å². The van der Waals surface area contributed by atoms with Crippen LogP contribution in [0.5, 0.6) is 5.75 Å². The largest absolute Gasteiger partial charge is 0.506 e. The number of anilines is 1. The maximum absolute atomic E-state index is 11.1. The van der Waals surface area contributed by atoms with Gasteiger partial charge in [0.25, 0.3) is 0 Å². The van der Waals surface area contributed by atoms with E-state index in [1.807, 2.05) is 0 Å². The Bertz CT molecular complexity index is 340. The van der Waals surface area contributed by atoms with Crippen LogP contribution < -0.4 is 5.32 Å². The van der Waals surface area contributed by atoms with Crippen molar-refractivity contribution in [2.45, 2.75) is 20.3 Å². The van der Waals surface area contributed by atoms with Crippen LogP contribution in [0.15, 0.2) is 12.1 Å². The minimum absolute atomic E-state index is 0.0566. The van der Waals surface area contributed by atoms with Crippen molar-refractivity contribution < 1.29 is 9.90 Å². The predicted molar refractivity (Wildman–Crippen MR) is 56.8 cm³/mol. The summed E-state index contributed by atoms with van der Waals surface area (Å²) in [6.07, 6.45) is 0.414. The molecule has 0 spiro atoms. The molecule has 0 aliphatic heterocycles. The van der Waals surface area contributed by atoms with Crippen LogP contribution in [0.1, 0.15) is 18.9 Å². The monoisotopic (exact) mass is 213 g/mol. The van der Waals surface area contributed by atoms with E-state index in [4.69, 9.17) is 11.6 Å². The number of halogens is 1. The fraction of sp³-hybridized carbons (Fsp3) is 0.300. The molecule has 14 heavy (non-hydrogen) atoms. The van der Waals surface area contributed by atoms with Gasteiger partial charge >= 0.3 is 0 Å². The Morgan fingerprint density at radius 3 is 2.71 bits per heavy atom. The van der Waals surface area contributed by atoms with Crippen LogP contribution in [-0.4, -0.2) is 11.0 Å². The number of phenolic OH excluding ortho intramolecular Hbond substituents is 1. The second-order valence-corrected chi connectivity index (χ2v) is 3.43. The SMILES string of the molecule is CCC(=O)Nc1cc(C)c(O)c(Cl)c1. The summed E-state index contributed by atoms with van der Waals surface area (Å²) in [5, 5.41) is 12.3. The highest BCUT2D eigenvalue weighted by atomic mass is 35.5. The number of amides is 1. The van der Waals surface area contributed by atoms with Crippen molar-refractivity contribution in [1.82, 2.24) is 0 Å². The molecule has 0 aromatic heterocycles. The molecule has 1 aromatic rings. The van der Waals surface area contributed by atoms with E-state index in [0.717, 1.165) is 0 Å². The van der Waals surface area contributed by atoms with Crippen molar-refractivity contribution in [3.05, 3.63) is 22.7 Å². The maximum Gasteiger partial charge on any atom is 0.224 e. The number of phenols is 1. The van der Waals surface area contributed by atoms with Crippen molar-refractivity contribution in [3.63, 3.8) is 0 Å². The molecule has 1 aromatic carbocycles. The van der Waals surface area contributed by atoms with Crippen LogP contribution in [0, 0.1) is 6.92 Å². The molecule has 1 rings (SSSR count). The molecule has 0 heterocycles.